The SMILES string of the molecule is CC(C)=C/C=C\C=C(/C)O. The Morgan fingerprint density at radius 1 is 1.00 bits per heavy atom. The summed E-state index contributed by atoms with van der Waals surface area (Å²) in [5.41, 5.74) is 1.25. The van der Waals surface area contributed by atoms with Crippen LogP contribution in [0.2, 0.25) is 0 Å². The largest absolute Gasteiger partial charge is 0.513 e. The summed E-state index contributed by atoms with van der Waals surface area (Å²) in [4.78, 5) is 0. The third kappa shape index (κ3) is 7.02. The highest BCUT2D eigenvalue weighted by molar-refractivity contribution is 5.14. The molecule has 0 aliphatic carbocycles. The van der Waals surface area contributed by atoms with Gasteiger partial charge in [0.25, 0.3) is 0 Å². The molecule has 0 amide bonds. The van der Waals surface area contributed by atoms with Crippen LogP contribution in [-0.4, -0.2) is 5.11 Å². The van der Waals surface area contributed by atoms with Gasteiger partial charge < -0.3 is 5.11 Å². The van der Waals surface area contributed by atoms with Gasteiger partial charge in [0, 0.05) is 0 Å². The summed E-state index contributed by atoms with van der Waals surface area (Å²) in [6.07, 6.45) is 7.34. The molecule has 0 aliphatic rings. The van der Waals surface area contributed by atoms with Crippen LogP contribution in [-0.2, 0) is 0 Å². The van der Waals surface area contributed by atoms with Crippen LogP contribution >= 0.6 is 0 Å². The second-order valence-electron chi connectivity index (χ2n) is 2.44. The van der Waals surface area contributed by atoms with Gasteiger partial charge in [-0.3, -0.25) is 0 Å². The van der Waals surface area contributed by atoms with Gasteiger partial charge in [-0.25, -0.2) is 0 Å². The summed E-state index contributed by atoms with van der Waals surface area (Å²) in [5, 5.41) is 8.71. The molecular weight excluding hydrogens is 124 g/mol. The Kier molecular flexibility index (Phi) is 4.38. The lowest BCUT2D eigenvalue weighted by Crippen LogP contribution is -1.65. The number of hydrogen-bond donors (Lipinski definition) is 1. The van der Waals surface area contributed by atoms with Gasteiger partial charge in [0.05, 0.1) is 5.76 Å². The summed E-state index contributed by atoms with van der Waals surface area (Å²) in [5.74, 6) is 0.332. The van der Waals surface area contributed by atoms with Crippen LogP contribution in [0.4, 0.5) is 0 Å². The number of rotatable bonds is 2. The third-order valence-electron chi connectivity index (χ3n) is 0.878. The van der Waals surface area contributed by atoms with Crippen molar-refractivity contribution in [2.24, 2.45) is 0 Å². The van der Waals surface area contributed by atoms with Crippen LogP contribution in [0.3, 0.4) is 0 Å². The summed E-state index contributed by atoms with van der Waals surface area (Å²) in [7, 11) is 0. The molecule has 0 aliphatic heterocycles. The molecule has 0 aromatic heterocycles. The van der Waals surface area contributed by atoms with Crippen molar-refractivity contribution in [1.29, 1.82) is 0 Å². The monoisotopic (exact) mass is 138 g/mol. The van der Waals surface area contributed by atoms with Crippen molar-refractivity contribution in [3.8, 4) is 0 Å². The summed E-state index contributed by atoms with van der Waals surface area (Å²) < 4.78 is 0. The van der Waals surface area contributed by atoms with Crippen molar-refractivity contribution in [3.63, 3.8) is 0 Å². The zero-order valence-corrected chi connectivity index (χ0v) is 6.76. The van der Waals surface area contributed by atoms with E-state index < -0.39 is 0 Å². The lowest BCUT2D eigenvalue weighted by atomic mass is 10.3. The van der Waals surface area contributed by atoms with E-state index in [1.165, 1.54) is 5.57 Å². The van der Waals surface area contributed by atoms with E-state index in [2.05, 4.69) is 0 Å². The standard InChI is InChI=1S/C9H14O/c1-8(2)6-4-5-7-9(3)10/h4-7,10H,1-3H3/b5-4-,9-7+. The Morgan fingerprint density at radius 3 is 1.90 bits per heavy atom. The first-order valence-corrected chi connectivity index (χ1v) is 3.30. The molecule has 0 saturated carbocycles. The second-order valence-corrected chi connectivity index (χ2v) is 2.44. The Labute approximate surface area is 62.4 Å². The lowest BCUT2D eigenvalue weighted by molar-refractivity contribution is 0.414. The summed E-state index contributed by atoms with van der Waals surface area (Å²) in [6.45, 7) is 5.70. The van der Waals surface area contributed by atoms with Crippen molar-refractivity contribution in [3.05, 3.63) is 35.6 Å². The van der Waals surface area contributed by atoms with Crippen LogP contribution in [0.25, 0.3) is 0 Å². The Hall–Kier alpha value is -0.980. The van der Waals surface area contributed by atoms with E-state index in [1.54, 1.807) is 13.0 Å². The zero-order chi connectivity index (χ0) is 7.98. The normalized spacial score (nSPS) is 12.1. The van der Waals surface area contributed by atoms with E-state index >= 15 is 0 Å². The topological polar surface area (TPSA) is 20.2 Å². The van der Waals surface area contributed by atoms with E-state index in [-0.39, 0.29) is 0 Å². The van der Waals surface area contributed by atoms with Crippen molar-refractivity contribution in [1.82, 2.24) is 0 Å². The smallest absolute Gasteiger partial charge is 0.0891 e. The van der Waals surface area contributed by atoms with Gasteiger partial charge in [0.2, 0.25) is 0 Å². The van der Waals surface area contributed by atoms with E-state index in [0.717, 1.165) is 0 Å². The Morgan fingerprint density at radius 2 is 1.50 bits per heavy atom. The fourth-order valence-electron chi connectivity index (χ4n) is 0.443. The predicted molar refractivity (Wildman–Crippen MR) is 45.0 cm³/mol. The van der Waals surface area contributed by atoms with E-state index in [1.807, 2.05) is 32.1 Å². The van der Waals surface area contributed by atoms with Gasteiger partial charge in [0.15, 0.2) is 0 Å². The van der Waals surface area contributed by atoms with Gasteiger partial charge in [-0.2, -0.15) is 0 Å². The number of aliphatic hydroxyl groups is 1. The van der Waals surface area contributed by atoms with Crippen LogP contribution in [0.1, 0.15) is 20.8 Å². The fourth-order valence-corrected chi connectivity index (χ4v) is 0.443. The van der Waals surface area contributed by atoms with Crippen LogP contribution < -0.4 is 0 Å². The minimum Gasteiger partial charge on any atom is -0.513 e. The molecule has 0 rings (SSSR count). The summed E-state index contributed by atoms with van der Waals surface area (Å²) >= 11 is 0. The number of hydrogen-bond acceptors (Lipinski definition) is 1. The minimum absolute atomic E-state index is 0.332. The molecule has 0 aromatic rings. The Balaban J connectivity index is 3.80. The van der Waals surface area contributed by atoms with Gasteiger partial charge in [-0.1, -0.05) is 23.8 Å². The minimum atomic E-state index is 0.332. The maximum Gasteiger partial charge on any atom is 0.0891 e. The molecule has 0 atom stereocenters. The maximum absolute atomic E-state index is 8.71. The highest BCUT2D eigenvalue weighted by Crippen LogP contribution is 1.90. The molecule has 0 spiro atoms. The van der Waals surface area contributed by atoms with Crippen molar-refractivity contribution >= 4 is 0 Å². The van der Waals surface area contributed by atoms with E-state index in [0.29, 0.717) is 5.76 Å². The van der Waals surface area contributed by atoms with Crippen molar-refractivity contribution in [2.45, 2.75) is 20.8 Å². The average Bonchev–Trinajstić information content (AvgIpc) is 1.79. The van der Waals surface area contributed by atoms with Gasteiger partial charge in [0.1, 0.15) is 0 Å². The second kappa shape index (κ2) is 4.86. The molecule has 1 N–H and O–H groups in total. The van der Waals surface area contributed by atoms with Gasteiger partial charge in [-0.15, -0.1) is 0 Å². The molecule has 1 heteroatoms. The van der Waals surface area contributed by atoms with E-state index in [9.17, 15) is 0 Å². The molecule has 0 fully saturated rings. The molecule has 1 nitrogen and oxygen atoms in total. The van der Waals surface area contributed by atoms with Gasteiger partial charge in [-0.05, 0) is 26.8 Å². The third-order valence-corrected chi connectivity index (χ3v) is 0.878. The molecule has 56 valence electrons. The van der Waals surface area contributed by atoms with Crippen LogP contribution in [0.5, 0.6) is 0 Å². The first kappa shape index (κ1) is 9.02. The number of aliphatic hydroxyl groups excluding tert-OH is 1. The maximum atomic E-state index is 8.71. The van der Waals surface area contributed by atoms with Crippen LogP contribution in [0.15, 0.2) is 35.6 Å². The van der Waals surface area contributed by atoms with Gasteiger partial charge >= 0.3 is 0 Å². The quantitative estimate of drug-likeness (QED) is 0.459. The highest BCUT2D eigenvalue weighted by atomic mass is 16.3. The molecule has 0 saturated heterocycles. The molecular formula is C9H14O. The summed E-state index contributed by atoms with van der Waals surface area (Å²) in [6, 6.07) is 0. The lowest BCUT2D eigenvalue weighted by Gasteiger charge is -1.82. The van der Waals surface area contributed by atoms with Crippen LogP contribution in [0, 0.1) is 0 Å². The molecule has 0 radical (unpaired) electrons. The molecule has 0 aromatic carbocycles. The average molecular weight is 138 g/mol. The molecule has 0 heterocycles. The van der Waals surface area contributed by atoms with Crippen molar-refractivity contribution in [2.75, 3.05) is 0 Å². The Bertz CT molecular complexity index is 145. The molecule has 0 bridgehead atoms. The highest BCUT2D eigenvalue weighted by Gasteiger charge is 1.72. The molecule has 0 unspecified atom stereocenters. The first-order chi connectivity index (χ1) is 4.63. The first-order valence-electron chi connectivity index (χ1n) is 3.30. The predicted octanol–water partition coefficient (Wildman–Crippen LogP) is 2.97. The zero-order valence-electron chi connectivity index (χ0n) is 6.76. The van der Waals surface area contributed by atoms with Crippen molar-refractivity contribution < 1.29 is 5.11 Å². The fraction of sp³-hybridized carbons (Fsp3) is 0.333. The number of allylic oxidation sites excluding steroid dienone is 6. The van der Waals surface area contributed by atoms with E-state index in [4.69, 9.17) is 5.11 Å². The molecule has 10 heavy (non-hydrogen) atoms.